The van der Waals surface area contributed by atoms with Gasteiger partial charge in [-0.3, -0.25) is 10.1 Å². The molecule has 3 N–H and O–H groups in total. The topological polar surface area (TPSA) is 61.4 Å². The number of hydrogen-bond donors (Lipinski definition) is 3. The Kier molecular flexibility index (Phi) is 3.50. The summed E-state index contributed by atoms with van der Waals surface area (Å²) in [6.45, 7) is 7.50. The van der Waals surface area contributed by atoms with Crippen molar-refractivity contribution >= 4 is 5.97 Å². The average molecular weight is 200 g/mol. The zero-order chi connectivity index (χ0) is 10.8. The molecule has 1 heterocycles. The van der Waals surface area contributed by atoms with E-state index in [4.69, 9.17) is 0 Å². The lowest BCUT2D eigenvalue weighted by atomic mass is 9.79. The van der Waals surface area contributed by atoms with Gasteiger partial charge in [0.1, 0.15) is 5.54 Å². The molecule has 1 saturated heterocycles. The number of carbonyl (C=O) groups is 1. The van der Waals surface area contributed by atoms with Gasteiger partial charge in [0.15, 0.2) is 0 Å². The molecule has 1 fully saturated rings. The summed E-state index contributed by atoms with van der Waals surface area (Å²) in [5, 5.41) is 15.7. The Morgan fingerprint density at radius 2 is 2.29 bits per heavy atom. The monoisotopic (exact) mass is 200 g/mol. The Hall–Kier alpha value is -0.610. The maximum absolute atomic E-state index is 11.3. The highest BCUT2D eigenvalue weighted by Gasteiger charge is 2.45. The normalized spacial score (nSPS) is 33.3. The summed E-state index contributed by atoms with van der Waals surface area (Å²) in [6.07, 6.45) is 0.654. The Bertz CT molecular complexity index is 218. The second-order valence-corrected chi connectivity index (χ2v) is 4.43. The van der Waals surface area contributed by atoms with Crippen molar-refractivity contribution in [3.05, 3.63) is 0 Å². The first-order valence-corrected chi connectivity index (χ1v) is 5.21. The van der Waals surface area contributed by atoms with E-state index in [0.29, 0.717) is 6.42 Å². The van der Waals surface area contributed by atoms with Crippen LogP contribution in [0.1, 0.15) is 27.2 Å². The number of rotatable bonds is 3. The van der Waals surface area contributed by atoms with Crippen LogP contribution in [0.25, 0.3) is 0 Å². The van der Waals surface area contributed by atoms with Gasteiger partial charge in [0.2, 0.25) is 0 Å². The highest BCUT2D eigenvalue weighted by molar-refractivity contribution is 5.79. The van der Waals surface area contributed by atoms with E-state index in [1.54, 1.807) is 0 Å². The summed E-state index contributed by atoms with van der Waals surface area (Å²) in [4.78, 5) is 11.3. The van der Waals surface area contributed by atoms with Crippen molar-refractivity contribution < 1.29 is 9.90 Å². The molecule has 4 heteroatoms. The lowest BCUT2D eigenvalue weighted by Gasteiger charge is -2.41. The van der Waals surface area contributed by atoms with Gasteiger partial charge in [-0.2, -0.15) is 0 Å². The molecular formula is C10H20N2O2. The molecule has 0 aromatic heterocycles. The number of carboxylic acids is 1. The number of piperidine rings is 1. The van der Waals surface area contributed by atoms with E-state index >= 15 is 0 Å². The minimum atomic E-state index is -0.737. The van der Waals surface area contributed by atoms with Gasteiger partial charge >= 0.3 is 5.97 Å². The summed E-state index contributed by atoms with van der Waals surface area (Å²) in [7, 11) is 0. The maximum Gasteiger partial charge on any atom is 0.324 e. The smallest absolute Gasteiger partial charge is 0.324 e. The third-order valence-corrected chi connectivity index (χ3v) is 2.92. The molecule has 1 rings (SSSR count). The molecule has 0 amide bonds. The second kappa shape index (κ2) is 4.28. The largest absolute Gasteiger partial charge is 0.480 e. The van der Waals surface area contributed by atoms with Crippen LogP contribution in [0.2, 0.25) is 0 Å². The van der Waals surface area contributed by atoms with Crippen molar-refractivity contribution in [2.45, 2.75) is 38.8 Å². The average Bonchev–Trinajstić information content (AvgIpc) is 2.08. The van der Waals surface area contributed by atoms with Crippen LogP contribution in [-0.2, 0) is 4.79 Å². The maximum atomic E-state index is 11.3. The van der Waals surface area contributed by atoms with Crippen molar-refractivity contribution in [3.63, 3.8) is 0 Å². The summed E-state index contributed by atoms with van der Waals surface area (Å²) >= 11 is 0. The zero-order valence-corrected chi connectivity index (χ0v) is 9.13. The van der Waals surface area contributed by atoms with Crippen LogP contribution in [0.4, 0.5) is 0 Å². The number of carboxylic acid groups (broad SMARTS) is 1. The summed E-state index contributed by atoms with van der Waals surface area (Å²) in [5.74, 6) is -0.601. The first-order chi connectivity index (χ1) is 6.49. The highest BCUT2D eigenvalue weighted by atomic mass is 16.4. The van der Waals surface area contributed by atoms with E-state index in [1.807, 2.05) is 20.8 Å². The molecule has 0 bridgehead atoms. The Morgan fingerprint density at radius 3 is 2.71 bits per heavy atom. The zero-order valence-electron chi connectivity index (χ0n) is 9.13. The van der Waals surface area contributed by atoms with Crippen molar-refractivity contribution in [2.24, 2.45) is 5.92 Å². The van der Waals surface area contributed by atoms with Crippen molar-refractivity contribution in [1.29, 1.82) is 0 Å². The molecule has 2 unspecified atom stereocenters. The van der Waals surface area contributed by atoms with Crippen LogP contribution in [0, 0.1) is 5.92 Å². The van der Waals surface area contributed by atoms with E-state index in [9.17, 15) is 9.90 Å². The van der Waals surface area contributed by atoms with Crippen LogP contribution in [0.3, 0.4) is 0 Å². The first kappa shape index (κ1) is 11.5. The summed E-state index contributed by atoms with van der Waals surface area (Å²) in [6, 6.07) is 0.201. The van der Waals surface area contributed by atoms with Crippen molar-refractivity contribution in [2.75, 3.05) is 13.1 Å². The van der Waals surface area contributed by atoms with Crippen LogP contribution in [-0.4, -0.2) is 35.7 Å². The Balaban J connectivity index is 2.83. The van der Waals surface area contributed by atoms with Gasteiger partial charge in [0.25, 0.3) is 0 Å². The lowest BCUT2D eigenvalue weighted by molar-refractivity contribution is -0.149. The molecule has 1 aliphatic rings. The number of hydrogen-bond acceptors (Lipinski definition) is 3. The van der Waals surface area contributed by atoms with Gasteiger partial charge in [-0.05, 0) is 32.7 Å². The SMILES string of the molecule is CC(C)NC1(C(=O)O)CCNCC1C. The van der Waals surface area contributed by atoms with E-state index in [-0.39, 0.29) is 12.0 Å². The fraction of sp³-hybridized carbons (Fsp3) is 0.900. The number of nitrogens with one attached hydrogen (secondary N) is 2. The van der Waals surface area contributed by atoms with E-state index < -0.39 is 11.5 Å². The minimum Gasteiger partial charge on any atom is -0.480 e. The Morgan fingerprint density at radius 1 is 1.64 bits per heavy atom. The molecule has 0 radical (unpaired) electrons. The molecule has 1 aliphatic heterocycles. The summed E-state index contributed by atoms with van der Waals surface area (Å²) < 4.78 is 0. The van der Waals surface area contributed by atoms with Crippen LogP contribution >= 0.6 is 0 Å². The van der Waals surface area contributed by atoms with Crippen molar-refractivity contribution in [3.8, 4) is 0 Å². The van der Waals surface area contributed by atoms with Gasteiger partial charge in [-0.25, -0.2) is 0 Å². The predicted octanol–water partition coefficient (Wildman–Crippen LogP) is 0.437. The third kappa shape index (κ3) is 2.07. The number of aliphatic carboxylic acids is 1. The minimum absolute atomic E-state index is 0.121. The molecular weight excluding hydrogens is 180 g/mol. The quantitative estimate of drug-likeness (QED) is 0.618. The highest BCUT2D eigenvalue weighted by Crippen LogP contribution is 2.25. The molecule has 4 nitrogen and oxygen atoms in total. The van der Waals surface area contributed by atoms with Crippen LogP contribution in [0.5, 0.6) is 0 Å². The molecule has 0 aliphatic carbocycles. The molecule has 2 atom stereocenters. The van der Waals surface area contributed by atoms with Gasteiger partial charge in [0.05, 0.1) is 0 Å². The predicted molar refractivity (Wildman–Crippen MR) is 55.3 cm³/mol. The molecule has 14 heavy (non-hydrogen) atoms. The van der Waals surface area contributed by atoms with E-state index in [0.717, 1.165) is 13.1 Å². The van der Waals surface area contributed by atoms with Gasteiger partial charge < -0.3 is 10.4 Å². The second-order valence-electron chi connectivity index (χ2n) is 4.43. The van der Waals surface area contributed by atoms with Gasteiger partial charge in [0, 0.05) is 12.6 Å². The lowest BCUT2D eigenvalue weighted by Crippen LogP contribution is -2.64. The fourth-order valence-electron chi connectivity index (χ4n) is 2.13. The molecule has 0 aromatic rings. The standard InChI is InChI=1S/C10H20N2O2/c1-7(2)12-10(9(13)14)4-5-11-6-8(10)3/h7-8,11-12H,4-6H2,1-3H3,(H,13,14). The van der Waals surface area contributed by atoms with E-state index in [2.05, 4.69) is 10.6 Å². The Labute approximate surface area is 85.1 Å². The third-order valence-electron chi connectivity index (χ3n) is 2.92. The molecule has 82 valence electrons. The van der Waals surface area contributed by atoms with Crippen LogP contribution < -0.4 is 10.6 Å². The van der Waals surface area contributed by atoms with Crippen LogP contribution in [0.15, 0.2) is 0 Å². The fourth-order valence-corrected chi connectivity index (χ4v) is 2.13. The van der Waals surface area contributed by atoms with Crippen molar-refractivity contribution in [1.82, 2.24) is 10.6 Å². The van der Waals surface area contributed by atoms with Gasteiger partial charge in [-0.15, -0.1) is 0 Å². The first-order valence-electron chi connectivity index (χ1n) is 5.21. The molecule has 0 aromatic carbocycles. The molecule has 0 saturated carbocycles. The van der Waals surface area contributed by atoms with E-state index in [1.165, 1.54) is 0 Å². The van der Waals surface area contributed by atoms with Gasteiger partial charge in [-0.1, -0.05) is 6.92 Å². The molecule has 0 spiro atoms. The summed E-state index contributed by atoms with van der Waals surface area (Å²) in [5.41, 5.74) is -0.737.